The lowest BCUT2D eigenvalue weighted by molar-refractivity contribution is 0.498. The van der Waals surface area contributed by atoms with Crippen molar-refractivity contribution in [2.24, 2.45) is 0 Å². The highest BCUT2D eigenvalue weighted by Gasteiger charge is 2.32. The molecule has 3 heteroatoms. The van der Waals surface area contributed by atoms with Gasteiger partial charge in [-0.2, -0.15) is 0 Å². The Morgan fingerprint density at radius 3 is 1.87 bits per heavy atom. The largest absolute Gasteiger partial charge is 0.338 e. The van der Waals surface area contributed by atoms with Gasteiger partial charge in [-0.25, -0.2) is 0 Å². The molecule has 0 aliphatic rings. The lowest BCUT2D eigenvalue weighted by atomic mass is 9.81. The van der Waals surface area contributed by atoms with Crippen molar-refractivity contribution in [1.82, 2.24) is 0 Å². The van der Waals surface area contributed by atoms with Crippen LogP contribution >= 0.6 is 7.37 Å². The van der Waals surface area contributed by atoms with Crippen LogP contribution in [-0.4, -0.2) is 4.89 Å². The van der Waals surface area contributed by atoms with Crippen molar-refractivity contribution in [3.05, 3.63) is 59.7 Å². The second-order valence-electron chi connectivity index (χ2n) is 8.14. The van der Waals surface area contributed by atoms with Crippen LogP contribution in [0.15, 0.2) is 48.5 Å². The lowest BCUT2D eigenvalue weighted by Gasteiger charge is -2.29. The van der Waals surface area contributed by atoms with Crippen molar-refractivity contribution in [3.63, 3.8) is 0 Å². The van der Waals surface area contributed by atoms with E-state index in [9.17, 15) is 9.46 Å². The van der Waals surface area contributed by atoms with Crippen molar-refractivity contribution in [3.8, 4) is 0 Å². The maximum atomic E-state index is 13.2. The van der Waals surface area contributed by atoms with E-state index in [2.05, 4.69) is 47.6 Å². The Bertz CT molecular complexity index is 734. The molecule has 0 saturated carbocycles. The molecule has 0 aliphatic heterocycles. The normalized spacial score (nSPS) is 15.3. The Morgan fingerprint density at radius 2 is 1.39 bits per heavy atom. The van der Waals surface area contributed by atoms with Crippen molar-refractivity contribution >= 4 is 18.0 Å². The number of hydrogen-bond donors (Lipinski definition) is 1. The van der Waals surface area contributed by atoms with E-state index in [0.29, 0.717) is 10.6 Å². The number of hydrogen-bond acceptors (Lipinski definition) is 1. The molecule has 0 fully saturated rings. The summed E-state index contributed by atoms with van der Waals surface area (Å²) in [5.41, 5.74) is 1.92. The Kier molecular flexibility index (Phi) is 4.63. The van der Waals surface area contributed by atoms with E-state index in [0.717, 1.165) is 5.56 Å². The zero-order valence-electron chi connectivity index (χ0n) is 14.9. The molecule has 0 saturated heterocycles. The van der Waals surface area contributed by atoms with E-state index >= 15 is 0 Å². The average Bonchev–Trinajstić information content (AvgIpc) is 2.45. The van der Waals surface area contributed by atoms with Gasteiger partial charge in [0.05, 0.1) is 0 Å². The third-order valence-corrected chi connectivity index (χ3v) is 6.14. The summed E-state index contributed by atoms with van der Waals surface area (Å²) in [6, 6.07) is 14.8. The van der Waals surface area contributed by atoms with Gasteiger partial charge in [0.25, 0.3) is 7.37 Å². The summed E-state index contributed by atoms with van der Waals surface area (Å²) in [7, 11) is -3.60. The summed E-state index contributed by atoms with van der Waals surface area (Å²) >= 11 is 0. The second kappa shape index (κ2) is 5.92. The predicted octanol–water partition coefficient (Wildman–Crippen LogP) is 4.50. The molecule has 0 amide bonds. The van der Waals surface area contributed by atoms with Gasteiger partial charge in [0.2, 0.25) is 0 Å². The SMILES string of the molecule is CC(C)(C)c1ccc(P(=O)(O)c2ccccc2)c(C(C)(C)C)c1. The van der Waals surface area contributed by atoms with Crippen LogP contribution in [-0.2, 0) is 15.4 Å². The minimum Gasteiger partial charge on any atom is -0.338 e. The first kappa shape index (κ1) is 18.0. The molecular formula is C20H27O2P. The van der Waals surface area contributed by atoms with Crippen molar-refractivity contribution < 1.29 is 9.46 Å². The third-order valence-electron chi connectivity index (χ3n) is 4.10. The first-order chi connectivity index (χ1) is 10.4. The first-order valence-corrected chi connectivity index (χ1v) is 9.64. The molecule has 1 unspecified atom stereocenters. The monoisotopic (exact) mass is 330 g/mol. The summed E-state index contributed by atoms with van der Waals surface area (Å²) in [6.45, 7) is 12.7. The Balaban J connectivity index is 2.70. The topological polar surface area (TPSA) is 37.3 Å². The van der Waals surface area contributed by atoms with E-state index in [1.807, 2.05) is 18.2 Å². The van der Waals surface area contributed by atoms with Crippen LogP contribution in [0.3, 0.4) is 0 Å². The highest BCUT2D eigenvalue weighted by molar-refractivity contribution is 7.73. The summed E-state index contributed by atoms with van der Waals surface area (Å²) in [5, 5.41) is 1.03. The molecule has 124 valence electrons. The summed E-state index contributed by atoms with van der Waals surface area (Å²) in [4.78, 5) is 10.9. The van der Waals surface area contributed by atoms with Crippen LogP contribution in [0.25, 0.3) is 0 Å². The fourth-order valence-electron chi connectivity index (χ4n) is 2.64. The minimum atomic E-state index is -3.60. The van der Waals surface area contributed by atoms with Crippen molar-refractivity contribution in [1.29, 1.82) is 0 Å². The fraction of sp³-hybridized carbons (Fsp3) is 0.400. The molecule has 1 atom stereocenters. The summed E-state index contributed by atoms with van der Waals surface area (Å²) < 4.78 is 13.2. The molecule has 2 aromatic carbocycles. The average molecular weight is 330 g/mol. The molecule has 0 spiro atoms. The number of rotatable bonds is 2. The Morgan fingerprint density at radius 1 is 0.826 bits per heavy atom. The molecular weight excluding hydrogens is 303 g/mol. The van der Waals surface area contributed by atoms with E-state index in [-0.39, 0.29) is 10.8 Å². The third kappa shape index (κ3) is 3.76. The van der Waals surface area contributed by atoms with Gasteiger partial charge >= 0.3 is 0 Å². The molecule has 1 N–H and O–H groups in total. The van der Waals surface area contributed by atoms with Gasteiger partial charge in [-0.1, -0.05) is 71.9 Å². The van der Waals surface area contributed by atoms with Gasteiger partial charge in [0, 0.05) is 10.6 Å². The molecule has 0 aromatic heterocycles. The number of benzene rings is 2. The van der Waals surface area contributed by atoms with Gasteiger partial charge in [0.1, 0.15) is 0 Å². The van der Waals surface area contributed by atoms with Gasteiger partial charge < -0.3 is 4.89 Å². The maximum absolute atomic E-state index is 13.2. The Labute approximate surface area is 140 Å². The van der Waals surface area contributed by atoms with Crippen LogP contribution in [0, 0.1) is 0 Å². The molecule has 23 heavy (non-hydrogen) atoms. The van der Waals surface area contributed by atoms with E-state index in [4.69, 9.17) is 0 Å². The molecule has 2 aromatic rings. The molecule has 2 rings (SSSR count). The summed E-state index contributed by atoms with van der Waals surface area (Å²) in [6.07, 6.45) is 0. The molecule has 2 nitrogen and oxygen atoms in total. The van der Waals surface area contributed by atoms with E-state index in [1.165, 1.54) is 5.56 Å². The lowest BCUT2D eigenvalue weighted by Crippen LogP contribution is -2.28. The molecule has 0 bridgehead atoms. The minimum absolute atomic E-state index is 0.00468. The quantitative estimate of drug-likeness (QED) is 0.823. The van der Waals surface area contributed by atoms with Crippen LogP contribution in [0.4, 0.5) is 0 Å². The summed E-state index contributed by atoms with van der Waals surface area (Å²) in [5.74, 6) is 0. The van der Waals surface area contributed by atoms with Crippen LogP contribution < -0.4 is 10.6 Å². The zero-order valence-corrected chi connectivity index (χ0v) is 15.8. The highest BCUT2D eigenvalue weighted by atomic mass is 31.2. The van der Waals surface area contributed by atoms with Gasteiger partial charge in [-0.05, 0) is 40.2 Å². The van der Waals surface area contributed by atoms with Gasteiger partial charge in [0.15, 0.2) is 0 Å². The fourth-order valence-corrected chi connectivity index (χ4v) is 4.49. The maximum Gasteiger partial charge on any atom is 0.259 e. The molecule has 0 heterocycles. The van der Waals surface area contributed by atoms with E-state index < -0.39 is 7.37 Å². The zero-order chi connectivity index (χ0) is 17.5. The smallest absolute Gasteiger partial charge is 0.259 e. The predicted molar refractivity (Wildman–Crippen MR) is 99.4 cm³/mol. The van der Waals surface area contributed by atoms with Crippen LogP contribution in [0.5, 0.6) is 0 Å². The highest BCUT2D eigenvalue weighted by Crippen LogP contribution is 2.42. The molecule has 0 aliphatic carbocycles. The van der Waals surface area contributed by atoms with Crippen molar-refractivity contribution in [2.75, 3.05) is 0 Å². The standard InChI is InChI=1S/C20H27O2P/c1-19(2,3)15-12-13-18(17(14-15)20(4,5)6)23(21,22)16-10-8-7-9-11-16/h7-14H,1-6H3,(H,21,22). The Hall–Kier alpha value is -1.37. The van der Waals surface area contributed by atoms with Crippen LogP contribution in [0.2, 0.25) is 0 Å². The van der Waals surface area contributed by atoms with Crippen molar-refractivity contribution in [2.45, 2.75) is 52.4 Å². The van der Waals surface area contributed by atoms with Crippen LogP contribution in [0.1, 0.15) is 52.7 Å². The van der Waals surface area contributed by atoms with E-state index in [1.54, 1.807) is 24.3 Å². The second-order valence-corrected chi connectivity index (χ2v) is 10.3. The van der Waals surface area contributed by atoms with Gasteiger partial charge in [-0.15, -0.1) is 0 Å². The molecule has 0 radical (unpaired) electrons. The first-order valence-electron chi connectivity index (χ1n) is 7.98. The van der Waals surface area contributed by atoms with Gasteiger partial charge in [-0.3, -0.25) is 4.57 Å².